The van der Waals surface area contributed by atoms with E-state index in [1.165, 1.54) is 23.1 Å². The molecule has 0 unspecified atom stereocenters. The predicted molar refractivity (Wildman–Crippen MR) is 100 cm³/mol. The number of likely N-dealkylation sites (tertiary alicyclic amines) is 1. The number of para-hydroxylation sites is 1. The van der Waals surface area contributed by atoms with E-state index in [-0.39, 0.29) is 22.4 Å². The molecule has 2 aromatic rings. The van der Waals surface area contributed by atoms with Gasteiger partial charge >= 0.3 is 0 Å². The van der Waals surface area contributed by atoms with E-state index >= 15 is 0 Å². The first kappa shape index (κ1) is 18.7. The van der Waals surface area contributed by atoms with Crippen LogP contribution in [0.5, 0.6) is 0 Å². The molecule has 7 heteroatoms. The van der Waals surface area contributed by atoms with Crippen LogP contribution in [0.2, 0.25) is 10.0 Å². The smallest absolute Gasteiger partial charge is 0.258 e. The Labute approximate surface area is 160 Å². The molecular formula is C19H17Cl2FN2O2. The van der Waals surface area contributed by atoms with Crippen molar-refractivity contribution in [3.63, 3.8) is 0 Å². The van der Waals surface area contributed by atoms with Gasteiger partial charge in [-0.3, -0.25) is 9.59 Å². The first-order valence-corrected chi connectivity index (χ1v) is 9.01. The number of hydrogen-bond acceptors (Lipinski definition) is 2. The maximum atomic E-state index is 13.9. The SMILES string of the molecule is O=C(Nc1ccccc1Cl)C1CCN(C(=O)c2c(F)cccc2Cl)CC1. The average Bonchev–Trinajstić information content (AvgIpc) is 2.63. The van der Waals surface area contributed by atoms with Gasteiger partial charge < -0.3 is 10.2 Å². The molecule has 4 nitrogen and oxygen atoms in total. The van der Waals surface area contributed by atoms with Crippen LogP contribution in [0.15, 0.2) is 42.5 Å². The van der Waals surface area contributed by atoms with Crippen LogP contribution in [0.1, 0.15) is 23.2 Å². The molecule has 0 atom stereocenters. The van der Waals surface area contributed by atoms with Crippen LogP contribution in [0, 0.1) is 11.7 Å². The lowest BCUT2D eigenvalue weighted by Crippen LogP contribution is -2.41. The number of carbonyl (C=O) groups excluding carboxylic acids is 2. The van der Waals surface area contributed by atoms with Crippen LogP contribution in [-0.4, -0.2) is 29.8 Å². The van der Waals surface area contributed by atoms with E-state index < -0.39 is 11.7 Å². The third kappa shape index (κ3) is 4.00. The first-order valence-electron chi connectivity index (χ1n) is 8.26. The molecular weight excluding hydrogens is 378 g/mol. The molecule has 1 aliphatic rings. The second kappa shape index (κ2) is 8.06. The monoisotopic (exact) mass is 394 g/mol. The molecule has 1 aliphatic heterocycles. The van der Waals surface area contributed by atoms with Gasteiger partial charge in [-0.15, -0.1) is 0 Å². The zero-order chi connectivity index (χ0) is 18.7. The molecule has 0 aromatic heterocycles. The highest BCUT2D eigenvalue weighted by atomic mass is 35.5. The maximum Gasteiger partial charge on any atom is 0.258 e. The van der Waals surface area contributed by atoms with E-state index in [9.17, 15) is 14.0 Å². The molecule has 0 bridgehead atoms. The molecule has 0 radical (unpaired) electrons. The van der Waals surface area contributed by atoms with Gasteiger partial charge in [0, 0.05) is 19.0 Å². The van der Waals surface area contributed by atoms with E-state index in [1.54, 1.807) is 24.3 Å². The lowest BCUT2D eigenvalue weighted by atomic mass is 9.95. The van der Waals surface area contributed by atoms with Crippen molar-refractivity contribution in [3.8, 4) is 0 Å². The fourth-order valence-corrected chi connectivity index (χ4v) is 3.43. The molecule has 0 spiro atoms. The van der Waals surface area contributed by atoms with Crippen molar-refractivity contribution in [1.82, 2.24) is 4.90 Å². The normalized spacial score (nSPS) is 15.0. The average molecular weight is 395 g/mol. The highest BCUT2D eigenvalue weighted by Crippen LogP contribution is 2.26. The third-order valence-corrected chi connectivity index (χ3v) is 5.11. The predicted octanol–water partition coefficient (Wildman–Crippen LogP) is 4.62. The number of carbonyl (C=O) groups is 2. The second-order valence-corrected chi connectivity index (χ2v) is 6.95. The fourth-order valence-electron chi connectivity index (χ4n) is 3.00. The Morgan fingerprint density at radius 3 is 2.31 bits per heavy atom. The van der Waals surface area contributed by atoms with Gasteiger partial charge in [0.2, 0.25) is 5.91 Å². The van der Waals surface area contributed by atoms with Gasteiger partial charge in [-0.05, 0) is 37.1 Å². The third-order valence-electron chi connectivity index (χ3n) is 4.46. The first-order chi connectivity index (χ1) is 12.5. The molecule has 0 saturated carbocycles. The number of hydrogen-bond donors (Lipinski definition) is 1. The zero-order valence-corrected chi connectivity index (χ0v) is 15.4. The topological polar surface area (TPSA) is 49.4 Å². The number of piperidine rings is 1. The summed E-state index contributed by atoms with van der Waals surface area (Å²) < 4.78 is 13.9. The van der Waals surface area contributed by atoms with E-state index in [2.05, 4.69) is 5.32 Å². The van der Waals surface area contributed by atoms with Crippen LogP contribution in [0.4, 0.5) is 10.1 Å². The Morgan fingerprint density at radius 2 is 1.65 bits per heavy atom. The van der Waals surface area contributed by atoms with Crippen LogP contribution in [0.25, 0.3) is 0 Å². The number of halogens is 3. The van der Waals surface area contributed by atoms with Gasteiger partial charge in [0.1, 0.15) is 5.82 Å². The van der Waals surface area contributed by atoms with Crippen molar-refractivity contribution in [3.05, 3.63) is 63.9 Å². The lowest BCUT2D eigenvalue weighted by Gasteiger charge is -2.31. The number of rotatable bonds is 3. The maximum absolute atomic E-state index is 13.9. The lowest BCUT2D eigenvalue weighted by molar-refractivity contribution is -0.121. The summed E-state index contributed by atoms with van der Waals surface area (Å²) in [6.07, 6.45) is 0.988. The summed E-state index contributed by atoms with van der Waals surface area (Å²) in [5.41, 5.74) is 0.448. The minimum absolute atomic E-state index is 0.0913. The molecule has 2 amide bonds. The Balaban J connectivity index is 1.61. The molecule has 3 rings (SSSR count). The van der Waals surface area contributed by atoms with Gasteiger partial charge in [0.15, 0.2) is 0 Å². The van der Waals surface area contributed by atoms with Gasteiger partial charge in [-0.25, -0.2) is 4.39 Å². The standard InChI is InChI=1S/C19H17Cl2FN2O2/c20-13-4-1-2-7-16(13)23-18(25)12-8-10-24(11-9-12)19(26)17-14(21)5-3-6-15(17)22/h1-7,12H,8-11H2,(H,23,25). The molecule has 1 heterocycles. The minimum Gasteiger partial charge on any atom is -0.338 e. The van der Waals surface area contributed by atoms with Crippen molar-refractivity contribution in [1.29, 1.82) is 0 Å². The zero-order valence-electron chi connectivity index (χ0n) is 13.8. The van der Waals surface area contributed by atoms with Crippen LogP contribution >= 0.6 is 23.2 Å². The summed E-state index contributed by atoms with van der Waals surface area (Å²) in [5, 5.41) is 3.38. The highest BCUT2D eigenvalue weighted by molar-refractivity contribution is 6.34. The molecule has 26 heavy (non-hydrogen) atoms. The van der Waals surface area contributed by atoms with Crippen LogP contribution in [-0.2, 0) is 4.79 Å². The van der Waals surface area contributed by atoms with Crippen molar-refractivity contribution in [2.24, 2.45) is 5.92 Å². The minimum atomic E-state index is -0.638. The summed E-state index contributed by atoms with van der Waals surface area (Å²) in [4.78, 5) is 26.5. The molecule has 1 saturated heterocycles. The van der Waals surface area contributed by atoms with Crippen molar-refractivity contribution in [2.45, 2.75) is 12.8 Å². The van der Waals surface area contributed by atoms with Crippen LogP contribution < -0.4 is 5.32 Å². The summed E-state index contributed by atoms with van der Waals surface area (Å²) >= 11 is 12.0. The fraction of sp³-hybridized carbons (Fsp3) is 0.263. The van der Waals surface area contributed by atoms with Gasteiger partial charge in [-0.1, -0.05) is 41.4 Å². The Hall–Kier alpha value is -2.11. The number of nitrogens with one attached hydrogen (secondary N) is 1. The van der Waals surface area contributed by atoms with Gasteiger partial charge in [0.05, 0.1) is 21.3 Å². The quantitative estimate of drug-likeness (QED) is 0.825. The number of amides is 2. The summed E-state index contributed by atoms with van der Waals surface area (Å²) in [7, 11) is 0. The largest absolute Gasteiger partial charge is 0.338 e. The molecule has 2 aromatic carbocycles. The van der Waals surface area contributed by atoms with Crippen molar-refractivity contribution in [2.75, 3.05) is 18.4 Å². The Bertz CT molecular complexity index is 816. The number of benzene rings is 2. The number of anilines is 1. The van der Waals surface area contributed by atoms with Crippen molar-refractivity contribution < 1.29 is 14.0 Å². The molecule has 0 aliphatic carbocycles. The Kier molecular flexibility index (Phi) is 5.79. The molecule has 1 fully saturated rings. The van der Waals surface area contributed by atoms with Crippen molar-refractivity contribution >= 4 is 40.7 Å². The van der Waals surface area contributed by atoms with Gasteiger partial charge in [-0.2, -0.15) is 0 Å². The number of nitrogens with zero attached hydrogens (tertiary/aromatic N) is 1. The van der Waals surface area contributed by atoms with E-state index in [1.807, 2.05) is 0 Å². The second-order valence-electron chi connectivity index (χ2n) is 6.13. The highest BCUT2D eigenvalue weighted by Gasteiger charge is 2.30. The molecule has 1 N–H and O–H groups in total. The van der Waals surface area contributed by atoms with E-state index in [0.29, 0.717) is 36.6 Å². The van der Waals surface area contributed by atoms with E-state index in [4.69, 9.17) is 23.2 Å². The summed E-state index contributed by atoms with van der Waals surface area (Å²) in [5.74, 6) is -1.44. The van der Waals surface area contributed by atoms with Crippen LogP contribution in [0.3, 0.4) is 0 Å². The molecule has 136 valence electrons. The summed E-state index contributed by atoms with van der Waals surface area (Å²) in [6.45, 7) is 0.730. The Morgan fingerprint density at radius 1 is 1.00 bits per heavy atom. The van der Waals surface area contributed by atoms with E-state index in [0.717, 1.165) is 0 Å². The summed E-state index contributed by atoms with van der Waals surface area (Å²) in [6, 6.07) is 11.2. The van der Waals surface area contributed by atoms with Gasteiger partial charge in [0.25, 0.3) is 5.91 Å².